The highest BCUT2D eigenvalue weighted by atomic mass is 16.5. The number of nitrogens with one attached hydrogen (secondary N) is 1. The number of hydrogen-bond donors (Lipinski definition) is 1. The Morgan fingerprint density at radius 3 is 2.26 bits per heavy atom. The molecular formula is C19H21NO3. The van der Waals surface area contributed by atoms with Gasteiger partial charge in [0.2, 0.25) is 0 Å². The van der Waals surface area contributed by atoms with E-state index < -0.39 is 0 Å². The highest BCUT2D eigenvalue weighted by Gasteiger charge is 2.17. The van der Waals surface area contributed by atoms with Crippen LogP contribution in [0.25, 0.3) is 6.08 Å². The Morgan fingerprint density at radius 1 is 1.00 bits per heavy atom. The summed E-state index contributed by atoms with van der Waals surface area (Å²) < 4.78 is 10.5. The number of ether oxygens (including phenoxy) is 2. The zero-order chi connectivity index (χ0) is 16.5. The van der Waals surface area contributed by atoms with Crippen LogP contribution in [0, 0.1) is 0 Å². The summed E-state index contributed by atoms with van der Waals surface area (Å²) in [6, 6.07) is 15.3. The molecule has 0 bridgehead atoms. The molecule has 0 saturated heterocycles. The quantitative estimate of drug-likeness (QED) is 0.796. The van der Waals surface area contributed by atoms with Crippen molar-refractivity contribution < 1.29 is 14.3 Å². The van der Waals surface area contributed by atoms with Gasteiger partial charge < -0.3 is 14.8 Å². The molecule has 0 radical (unpaired) electrons. The van der Waals surface area contributed by atoms with Crippen molar-refractivity contribution in [3.8, 4) is 11.5 Å². The molecule has 0 fully saturated rings. The third-order valence-electron chi connectivity index (χ3n) is 3.36. The maximum atomic E-state index is 12.3. The molecule has 23 heavy (non-hydrogen) atoms. The van der Waals surface area contributed by atoms with E-state index in [1.807, 2.05) is 42.5 Å². The molecule has 0 aliphatic heterocycles. The fraction of sp³-hybridized carbons (Fsp3) is 0.211. The average Bonchev–Trinajstić information content (AvgIpc) is 2.61. The summed E-state index contributed by atoms with van der Waals surface area (Å²) >= 11 is 0. The van der Waals surface area contributed by atoms with Gasteiger partial charge in [0.25, 0.3) is 5.91 Å². The molecule has 0 unspecified atom stereocenters. The maximum Gasteiger partial charge on any atom is 0.258 e. The Labute approximate surface area is 136 Å². The van der Waals surface area contributed by atoms with E-state index in [4.69, 9.17) is 9.47 Å². The summed E-state index contributed by atoms with van der Waals surface area (Å²) in [5.41, 5.74) is 1.56. The molecule has 1 N–H and O–H groups in total. The van der Waals surface area contributed by atoms with Gasteiger partial charge in [0.1, 0.15) is 17.1 Å². The first-order valence-electron chi connectivity index (χ1n) is 7.47. The molecular weight excluding hydrogens is 290 g/mol. The van der Waals surface area contributed by atoms with Crippen molar-refractivity contribution >= 4 is 12.0 Å². The van der Waals surface area contributed by atoms with Gasteiger partial charge in [-0.2, -0.15) is 0 Å². The van der Waals surface area contributed by atoms with Gasteiger partial charge in [-0.15, -0.1) is 0 Å². The first-order valence-corrected chi connectivity index (χ1v) is 7.47. The summed E-state index contributed by atoms with van der Waals surface area (Å²) in [7, 11) is 3.07. The van der Waals surface area contributed by atoms with Gasteiger partial charge in [-0.05, 0) is 24.1 Å². The van der Waals surface area contributed by atoms with Crippen LogP contribution in [0.5, 0.6) is 11.5 Å². The topological polar surface area (TPSA) is 47.6 Å². The highest BCUT2D eigenvalue weighted by Crippen LogP contribution is 2.27. The predicted octanol–water partition coefficient (Wildman–Crippen LogP) is 3.54. The molecule has 0 saturated carbocycles. The van der Waals surface area contributed by atoms with Gasteiger partial charge in [0.15, 0.2) is 0 Å². The second-order valence-corrected chi connectivity index (χ2v) is 4.90. The van der Waals surface area contributed by atoms with Crippen LogP contribution in [-0.2, 0) is 0 Å². The lowest BCUT2D eigenvalue weighted by molar-refractivity contribution is 0.0948. The van der Waals surface area contributed by atoms with Crippen molar-refractivity contribution in [2.75, 3.05) is 20.8 Å². The molecule has 0 atom stereocenters. The molecule has 4 heteroatoms. The van der Waals surface area contributed by atoms with Crippen molar-refractivity contribution in [1.29, 1.82) is 0 Å². The minimum Gasteiger partial charge on any atom is -0.496 e. The van der Waals surface area contributed by atoms with Crippen LogP contribution in [0.2, 0.25) is 0 Å². The maximum absolute atomic E-state index is 12.3. The van der Waals surface area contributed by atoms with Gasteiger partial charge >= 0.3 is 0 Å². The van der Waals surface area contributed by atoms with E-state index in [9.17, 15) is 4.79 Å². The van der Waals surface area contributed by atoms with E-state index in [0.717, 1.165) is 12.0 Å². The Balaban J connectivity index is 1.92. The predicted molar refractivity (Wildman–Crippen MR) is 92.0 cm³/mol. The van der Waals surface area contributed by atoms with Crippen molar-refractivity contribution in [2.24, 2.45) is 0 Å². The van der Waals surface area contributed by atoms with E-state index in [1.54, 1.807) is 18.2 Å². The number of hydrogen-bond acceptors (Lipinski definition) is 3. The van der Waals surface area contributed by atoms with Gasteiger partial charge in [0, 0.05) is 6.54 Å². The van der Waals surface area contributed by atoms with Crippen LogP contribution in [0.1, 0.15) is 22.3 Å². The van der Waals surface area contributed by atoms with Gasteiger partial charge in [0.05, 0.1) is 14.2 Å². The van der Waals surface area contributed by atoms with Crippen molar-refractivity contribution in [3.05, 3.63) is 65.7 Å². The van der Waals surface area contributed by atoms with E-state index >= 15 is 0 Å². The molecule has 0 heterocycles. The van der Waals surface area contributed by atoms with Gasteiger partial charge in [-0.1, -0.05) is 48.6 Å². The number of carbonyl (C=O) groups excluding carboxylic acids is 1. The Kier molecular flexibility index (Phi) is 6.24. The number of benzene rings is 2. The molecule has 1 amide bonds. The van der Waals surface area contributed by atoms with Crippen molar-refractivity contribution in [3.63, 3.8) is 0 Å². The van der Waals surface area contributed by atoms with E-state index in [1.165, 1.54) is 14.2 Å². The monoisotopic (exact) mass is 311 g/mol. The summed E-state index contributed by atoms with van der Waals surface area (Å²) in [6.45, 7) is 0.545. The zero-order valence-electron chi connectivity index (χ0n) is 13.4. The summed E-state index contributed by atoms with van der Waals surface area (Å²) in [6.07, 6.45) is 4.82. The number of amides is 1. The third-order valence-corrected chi connectivity index (χ3v) is 3.36. The highest BCUT2D eigenvalue weighted by molar-refractivity contribution is 5.99. The Bertz CT molecular complexity index is 643. The normalized spacial score (nSPS) is 10.5. The van der Waals surface area contributed by atoms with Crippen molar-refractivity contribution in [2.45, 2.75) is 6.42 Å². The molecule has 120 valence electrons. The minimum atomic E-state index is -0.201. The average molecular weight is 311 g/mol. The second-order valence-electron chi connectivity index (χ2n) is 4.90. The second kappa shape index (κ2) is 8.63. The van der Waals surface area contributed by atoms with Crippen LogP contribution in [0.15, 0.2) is 54.6 Å². The lowest BCUT2D eigenvalue weighted by atomic mass is 10.1. The lowest BCUT2D eigenvalue weighted by Gasteiger charge is -2.12. The minimum absolute atomic E-state index is 0.201. The fourth-order valence-corrected chi connectivity index (χ4v) is 2.22. The van der Waals surface area contributed by atoms with Crippen LogP contribution >= 0.6 is 0 Å². The number of carbonyl (C=O) groups is 1. The third kappa shape index (κ3) is 4.61. The molecule has 0 aromatic heterocycles. The van der Waals surface area contributed by atoms with Gasteiger partial charge in [-0.25, -0.2) is 0 Å². The zero-order valence-corrected chi connectivity index (χ0v) is 13.4. The standard InChI is InChI=1S/C19H21NO3/c1-22-16-12-8-13-17(23-2)18(16)19(21)20-14-7-6-11-15-9-4-3-5-10-15/h3-6,8-13H,7,14H2,1-2H3,(H,20,21)/b11-6+. The molecule has 0 aliphatic rings. The largest absolute Gasteiger partial charge is 0.496 e. The summed E-state index contributed by atoms with van der Waals surface area (Å²) in [5.74, 6) is 0.802. The van der Waals surface area contributed by atoms with Crippen LogP contribution in [-0.4, -0.2) is 26.7 Å². The SMILES string of the molecule is COc1cccc(OC)c1C(=O)NCC/C=C/c1ccccc1. The number of methoxy groups -OCH3 is 2. The Morgan fingerprint density at radius 2 is 1.65 bits per heavy atom. The molecule has 4 nitrogen and oxygen atoms in total. The van der Waals surface area contributed by atoms with Gasteiger partial charge in [-0.3, -0.25) is 4.79 Å². The lowest BCUT2D eigenvalue weighted by Crippen LogP contribution is -2.25. The fourth-order valence-electron chi connectivity index (χ4n) is 2.22. The first kappa shape index (κ1) is 16.6. The van der Waals surface area contributed by atoms with Crippen molar-refractivity contribution in [1.82, 2.24) is 5.32 Å². The number of rotatable bonds is 7. The molecule has 0 spiro atoms. The van der Waals surface area contributed by atoms with Crippen LogP contribution < -0.4 is 14.8 Å². The summed E-state index contributed by atoms with van der Waals surface area (Å²) in [4.78, 5) is 12.3. The van der Waals surface area contributed by atoms with Crippen LogP contribution in [0.4, 0.5) is 0 Å². The molecule has 2 aromatic rings. The molecule has 2 aromatic carbocycles. The smallest absolute Gasteiger partial charge is 0.258 e. The van der Waals surface area contributed by atoms with E-state index in [0.29, 0.717) is 23.6 Å². The first-order chi connectivity index (χ1) is 11.3. The molecule has 0 aliphatic carbocycles. The molecule has 2 rings (SSSR count). The van der Waals surface area contributed by atoms with E-state index in [-0.39, 0.29) is 5.91 Å². The van der Waals surface area contributed by atoms with E-state index in [2.05, 4.69) is 5.32 Å². The summed E-state index contributed by atoms with van der Waals surface area (Å²) in [5, 5.41) is 2.88. The Hall–Kier alpha value is -2.75. The van der Waals surface area contributed by atoms with Crippen LogP contribution in [0.3, 0.4) is 0 Å².